The number of H-pyrrole nitrogens is 2. The predicted molar refractivity (Wildman–Crippen MR) is 71.5 cm³/mol. The molecule has 6 nitrogen and oxygen atoms in total. The van der Waals surface area contributed by atoms with Crippen molar-refractivity contribution in [1.82, 2.24) is 9.97 Å². The Hall–Kier alpha value is -2.63. The van der Waals surface area contributed by atoms with Crippen molar-refractivity contribution in [2.24, 2.45) is 0 Å². The number of aromatic nitrogens is 2. The lowest BCUT2D eigenvalue weighted by Gasteiger charge is -2.06. The number of ketones is 1. The maximum absolute atomic E-state index is 11.4. The minimum atomic E-state index is -0.528. The molecule has 0 saturated heterocycles. The van der Waals surface area contributed by atoms with E-state index < -0.39 is 11.2 Å². The molecule has 3 N–H and O–H groups in total. The topological polar surface area (TPSA) is 94.8 Å². The van der Waals surface area contributed by atoms with Crippen molar-refractivity contribution in [3.63, 3.8) is 0 Å². The largest absolute Gasteiger partial charge is 0.381 e. The van der Waals surface area contributed by atoms with E-state index in [-0.39, 0.29) is 12.3 Å². The first-order valence-corrected chi connectivity index (χ1v) is 5.72. The van der Waals surface area contributed by atoms with E-state index in [1.54, 1.807) is 24.3 Å². The van der Waals surface area contributed by atoms with E-state index in [2.05, 4.69) is 15.3 Å². The Bertz CT molecular complexity index is 698. The summed E-state index contributed by atoms with van der Waals surface area (Å²) in [6, 6.07) is 6.94. The van der Waals surface area contributed by atoms with Gasteiger partial charge in [-0.05, 0) is 31.2 Å². The lowest BCUT2D eigenvalue weighted by atomic mass is 10.1. The lowest BCUT2D eigenvalue weighted by Crippen LogP contribution is -2.25. The molecule has 2 rings (SSSR count). The fourth-order valence-corrected chi connectivity index (χ4v) is 1.59. The monoisotopic (exact) mass is 259 g/mol. The number of benzene rings is 1. The molecular formula is C13H13N3O3. The van der Waals surface area contributed by atoms with Crippen LogP contribution in [0.2, 0.25) is 0 Å². The molecule has 19 heavy (non-hydrogen) atoms. The summed E-state index contributed by atoms with van der Waals surface area (Å²) in [7, 11) is 0. The van der Waals surface area contributed by atoms with E-state index >= 15 is 0 Å². The maximum Gasteiger partial charge on any atom is 0.325 e. The van der Waals surface area contributed by atoms with Crippen LogP contribution in [-0.2, 0) is 6.54 Å². The third-order valence-corrected chi connectivity index (χ3v) is 2.67. The zero-order chi connectivity index (χ0) is 13.8. The van der Waals surface area contributed by atoms with Crippen LogP contribution in [-0.4, -0.2) is 15.8 Å². The minimum absolute atomic E-state index is 0.00336. The molecule has 1 aromatic heterocycles. The lowest BCUT2D eigenvalue weighted by molar-refractivity contribution is 0.101. The van der Waals surface area contributed by atoms with E-state index in [1.165, 1.54) is 13.1 Å². The number of rotatable bonds is 4. The zero-order valence-corrected chi connectivity index (χ0v) is 10.3. The van der Waals surface area contributed by atoms with Gasteiger partial charge in [0.15, 0.2) is 5.78 Å². The first-order valence-electron chi connectivity index (χ1n) is 5.72. The molecular weight excluding hydrogens is 246 g/mol. The van der Waals surface area contributed by atoms with Crippen LogP contribution >= 0.6 is 0 Å². The Morgan fingerprint density at radius 3 is 2.47 bits per heavy atom. The van der Waals surface area contributed by atoms with Crippen molar-refractivity contribution in [2.75, 3.05) is 5.32 Å². The summed E-state index contributed by atoms with van der Waals surface area (Å²) in [6.07, 6.45) is 1.37. The standard InChI is InChI=1S/C13H13N3O3/c1-8(17)9-2-4-11(5-3-9)14-6-10-7-15-13(19)16-12(10)18/h2-5,7,14H,6H2,1H3,(H2,15,16,18,19). The summed E-state index contributed by atoms with van der Waals surface area (Å²) in [4.78, 5) is 38.0. The highest BCUT2D eigenvalue weighted by Gasteiger charge is 2.01. The van der Waals surface area contributed by atoms with Gasteiger partial charge in [-0.2, -0.15) is 0 Å². The van der Waals surface area contributed by atoms with Crippen LogP contribution in [0.25, 0.3) is 0 Å². The molecule has 2 aromatic rings. The first-order chi connectivity index (χ1) is 9.06. The van der Waals surface area contributed by atoms with Gasteiger partial charge in [0, 0.05) is 24.0 Å². The van der Waals surface area contributed by atoms with Crippen LogP contribution in [0.4, 0.5) is 5.69 Å². The minimum Gasteiger partial charge on any atom is -0.381 e. The third kappa shape index (κ3) is 3.19. The summed E-state index contributed by atoms with van der Waals surface area (Å²) < 4.78 is 0. The van der Waals surface area contributed by atoms with Crippen molar-refractivity contribution >= 4 is 11.5 Å². The molecule has 98 valence electrons. The Balaban J connectivity index is 2.08. The molecule has 0 unspecified atom stereocenters. The number of carbonyl (C=O) groups is 1. The van der Waals surface area contributed by atoms with E-state index in [0.717, 1.165) is 5.69 Å². The van der Waals surface area contributed by atoms with Crippen molar-refractivity contribution in [3.05, 3.63) is 62.4 Å². The van der Waals surface area contributed by atoms with Gasteiger partial charge in [0.1, 0.15) is 0 Å². The van der Waals surface area contributed by atoms with Crippen molar-refractivity contribution in [1.29, 1.82) is 0 Å². The molecule has 0 bridgehead atoms. The van der Waals surface area contributed by atoms with Crippen molar-refractivity contribution < 1.29 is 4.79 Å². The normalized spacial score (nSPS) is 10.2. The van der Waals surface area contributed by atoms with Gasteiger partial charge in [0.05, 0.1) is 5.56 Å². The Morgan fingerprint density at radius 2 is 1.89 bits per heavy atom. The second-order valence-electron chi connectivity index (χ2n) is 4.08. The fourth-order valence-electron chi connectivity index (χ4n) is 1.59. The number of hydrogen-bond donors (Lipinski definition) is 3. The average Bonchev–Trinajstić information content (AvgIpc) is 2.38. The van der Waals surface area contributed by atoms with Crippen molar-refractivity contribution in [2.45, 2.75) is 13.5 Å². The van der Waals surface area contributed by atoms with E-state index in [9.17, 15) is 14.4 Å². The number of aromatic amines is 2. The number of hydrogen-bond acceptors (Lipinski definition) is 4. The SMILES string of the molecule is CC(=O)c1ccc(NCc2c[nH]c(=O)[nH]c2=O)cc1. The van der Waals surface area contributed by atoms with E-state index in [0.29, 0.717) is 11.1 Å². The van der Waals surface area contributed by atoms with Gasteiger partial charge in [-0.15, -0.1) is 0 Å². The van der Waals surface area contributed by atoms with Gasteiger partial charge in [-0.3, -0.25) is 14.6 Å². The summed E-state index contributed by atoms with van der Waals surface area (Å²) >= 11 is 0. The van der Waals surface area contributed by atoms with Gasteiger partial charge in [0.2, 0.25) is 0 Å². The molecule has 1 aromatic carbocycles. The molecule has 0 atom stereocenters. The highest BCUT2D eigenvalue weighted by atomic mass is 16.2. The van der Waals surface area contributed by atoms with Crippen LogP contribution < -0.4 is 16.6 Å². The maximum atomic E-state index is 11.4. The highest BCUT2D eigenvalue weighted by molar-refractivity contribution is 5.94. The Labute approximate surface area is 108 Å². The fraction of sp³-hybridized carbons (Fsp3) is 0.154. The molecule has 0 aliphatic heterocycles. The van der Waals surface area contributed by atoms with Crippen LogP contribution in [0.5, 0.6) is 0 Å². The number of carbonyl (C=O) groups excluding carboxylic acids is 1. The molecule has 0 spiro atoms. The van der Waals surface area contributed by atoms with Gasteiger partial charge in [-0.25, -0.2) is 4.79 Å². The Morgan fingerprint density at radius 1 is 1.21 bits per heavy atom. The molecule has 6 heteroatoms. The summed E-state index contributed by atoms with van der Waals surface area (Å²) in [5.41, 5.74) is 0.898. The summed E-state index contributed by atoms with van der Waals surface area (Å²) in [6.45, 7) is 1.79. The quantitative estimate of drug-likeness (QED) is 0.710. The number of Topliss-reactive ketones (excluding diaryl/α,β-unsaturated/α-hetero) is 1. The third-order valence-electron chi connectivity index (χ3n) is 2.67. The molecule has 0 aliphatic carbocycles. The van der Waals surface area contributed by atoms with Gasteiger partial charge >= 0.3 is 5.69 Å². The highest BCUT2D eigenvalue weighted by Crippen LogP contribution is 2.10. The predicted octanol–water partition coefficient (Wildman–Crippen LogP) is 0.878. The van der Waals surface area contributed by atoms with Crippen LogP contribution in [0, 0.1) is 0 Å². The molecule has 0 saturated carbocycles. The summed E-state index contributed by atoms with van der Waals surface area (Å²) in [5, 5.41) is 3.03. The average molecular weight is 259 g/mol. The Kier molecular flexibility index (Phi) is 3.61. The number of anilines is 1. The molecule has 0 fully saturated rings. The van der Waals surface area contributed by atoms with E-state index in [4.69, 9.17) is 0 Å². The molecule has 0 radical (unpaired) electrons. The first kappa shape index (κ1) is 12.8. The van der Waals surface area contributed by atoms with E-state index in [1.807, 2.05) is 0 Å². The molecule has 1 heterocycles. The van der Waals surface area contributed by atoms with Gasteiger partial charge < -0.3 is 10.3 Å². The second kappa shape index (κ2) is 5.34. The van der Waals surface area contributed by atoms with Crippen molar-refractivity contribution in [3.8, 4) is 0 Å². The molecule has 0 amide bonds. The zero-order valence-electron chi connectivity index (χ0n) is 10.3. The smallest absolute Gasteiger partial charge is 0.325 e. The van der Waals surface area contributed by atoms with Crippen LogP contribution in [0.1, 0.15) is 22.8 Å². The van der Waals surface area contributed by atoms with Gasteiger partial charge in [-0.1, -0.05) is 0 Å². The van der Waals surface area contributed by atoms with Crippen LogP contribution in [0.3, 0.4) is 0 Å². The van der Waals surface area contributed by atoms with Crippen LogP contribution in [0.15, 0.2) is 40.1 Å². The number of nitrogens with one attached hydrogen (secondary N) is 3. The molecule has 0 aliphatic rings. The summed E-state index contributed by atoms with van der Waals surface area (Å²) in [5.74, 6) is 0.00336. The second-order valence-corrected chi connectivity index (χ2v) is 4.08. The van der Waals surface area contributed by atoms with Gasteiger partial charge in [0.25, 0.3) is 5.56 Å².